The van der Waals surface area contributed by atoms with Gasteiger partial charge < -0.3 is 10.6 Å². The first-order valence-corrected chi connectivity index (χ1v) is 6.23. The average molecular weight is 271 g/mol. The number of nitrogens with zero attached hydrogens (tertiary/aromatic N) is 3. The Morgan fingerprint density at radius 1 is 1.39 bits per heavy atom. The Morgan fingerprint density at radius 3 is 2.50 bits per heavy atom. The standard InChI is InChI=1S/C12H19ClN4O/c1-7(2)5-17(6-10(14)18)12-8(3)11(13)15-9(4)16-12/h7H,5-6H2,1-4H3,(H2,14,18). The summed E-state index contributed by atoms with van der Waals surface area (Å²) in [6, 6.07) is 0. The zero-order chi connectivity index (χ0) is 13.9. The molecule has 0 fully saturated rings. The fraction of sp³-hybridized carbons (Fsp3) is 0.583. The van der Waals surface area contributed by atoms with Gasteiger partial charge in [-0.2, -0.15) is 0 Å². The molecule has 0 saturated heterocycles. The molecule has 100 valence electrons. The quantitative estimate of drug-likeness (QED) is 0.827. The van der Waals surface area contributed by atoms with Gasteiger partial charge >= 0.3 is 0 Å². The number of amides is 1. The molecule has 5 nitrogen and oxygen atoms in total. The molecule has 0 spiro atoms. The van der Waals surface area contributed by atoms with Crippen LogP contribution < -0.4 is 10.6 Å². The van der Waals surface area contributed by atoms with E-state index in [9.17, 15) is 4.79 Å². The van der Waals surface area contributed by atoms with Gasteiger partial charge in [-0.25, -0.2) is 9.97 Å². The van der Waals surface area contributed by atoms with E-state index in [2.05, 4.69) is 23.8 Å². The van der Waals surface area contributed by atoms with Gasteiger partial charge in [0.25, 0.3) is 0 Å². The maximum absolute atomic E-state index is 11.1. The summed E-state index contributed by atoms with van der Waals surface area (Å²) in [5.41, 5.74) is 6.04. The molecule has 1 aromatic heterocycles. The average Bonchev–Trinajstić information content (AvgIpc) is 2.21. The highest BCUT2D eigenvalue weighted by Crippen LogP contribution is 2.23. The number of aryl methyl sites for hydroxylation is 1. The van der Waals surface area contributed by atoms with Crippen molar-refractivity contribution in [2.45, 2.75) is 27.7 Å². The number of carbonyl (C=O) groups is 1. The van der Waals surface area contributed by atoms with Crippen LogP contribution >= 0.6 is 11.6 Å². The van der Waals surface area contributed by atoms with E-state index in [1.165, 1.54) is 0 Å². The van der Waals surface area contributed by atoms with E-state index in [0.29, 0.717) is 29.3 Å². The molecule has 0 atom stereocenters. The molecule has 0 unspecified atom stereocenters. The van der Waals surface area contributed by atoms with Gasteiger partial charge in [0.05, 0.1) is 6.54 Å². The molecule has 1 rings (SSSR count). The summed E-state index contributed by atoms with van der Waals surface area (Å²) >= 11 is 6.04. The summed E-state index contributed by atoms with van der Waals surface area (Å²) in [6.07, 6.45) is 0. The minimum Gasteiger partial charge on any atom is -0.368 e. The number of hydrogen-bond donors (Lipinski definition) is 1. The van der Waals surface area contributed by atoms with Crippen molar-refractivity contribution in [3.63, 3.8) is 0 Å². The lowest BCUT2D eigenvalue weighted by Crippen LogP contribution is -2.37. The normalized spacial score (nSPS) is 10.8. The summed E-state index contributed by atoms with van der Waals surface area (Å²) in [5.74, 6) is 1.26. The topological polar surface area (TPSA) is 72.1 Å². The van der Waals surface area contributed by atoms with Crippen LogP contribution in [0.25, 0.3) is 0 Å². The fourth-order valence-electron chi connectivity index (χ4n) is 1.74. The molecule has 0 saturated carbocycles. The minimum atomic E-state index is -0.387. The van der Waals surface area contributed by atoms with E-state index in [1.54, 1.807) is 6.92 Å². The zero-order valence-corrected chi connectivity index (χ0v) is 12.0. The van der Waals surface area contributed by atoms with Crippen LogP contribution in [0.5, 0.6) is 0 Å². The second-order valence-corrected chi connectivity index (χ2v) is 5.11. The summed E-state index contributed by atoms with van der Waals surface area (Å²) in [5, 5.41) is 0.413. The van der Waals surface area contributed by atoms with Crippen molar-refractivity contribution < 1.29 is 4.79 Å². The predicted molar refractivity (Wildman–Crippen MR) is 72.8 cm³/mol. The lowest BCUT2D eigenvalue weighted by molar-refractivity contribution is -0.116. The number of nitrogens with two attached hydrogens (primary N) is 1. The van der Waals surface area contributed by atoms with Crippen LogP contribution in [0.1, 0.15) is 25.2 Å². The summed E-state index contributed by atoms with van der Waals surface area (Å²) in [6.45, 7) is 8.57. The molecule has 1 amide bonds. The molecule has 1 heterocycles. The van der Waals surface area contributed by atoms with E-state index in [-0.39, 0.29) is 12.5 Å². The largest absolute Gasteiger partial charge is 0.368 e. The molecule has 0 aliphatic carbocycles. The first-order chi connectivity index (χ1) is 8.31. The number of anilines is 1. The van der Waals surface area contributed by atoms with E-state index in [4.69, 9.17) is 17.3 Å². The highest BCUT2D eigenvalue weighted by Gasteiger charge is 2.17. The predicted octanol–water partition coefficient (Wildman–Crippen LogP) is 1.69. The van der Waals surface area contributed by atoms with Gasteiger partial charge in [0, 0.05) is 12.1 Å². The van der Waals surface area contributed by atoms with Gasteiger partial charge in [0.1, 0.15) is 16.8 Å². The number of primary amides is 1. The maximum atomic E-state index is 11.1. The summed E-state index contributed by atoms with van der Waals surface area (Å²) in [7, 11) is 0. The Kier molecular flexibility index (Phi) is 4.90. The van der Waals surface area contributed by atoms with Crippen LogP contribution in [0, 0.1) is 19.8 Å². The van der Waals surface area contributed by atoms with Gasteiger partial charge in [-0.15, -0.1) is 0 Å². The van der Waals surface area contributed by atoms with Crippen LogP contribution in [0.4, 0.5) is 5.82 Å². The highest BCUT2D eigenvalue weighted by molar-refractivity contribution is 6.30. The second kappa shape index (κ2) is 6.00. The van der Waals surface area contributed by atoms with Crippen LogP contribution in [0.3, 0.4) is 0 Å². The highest BCUT2D eigenvalue weighted by atomic mass is 35.5. The van der Waals surface area contributed by atoms with Gasteiger partial charge in [-0.1, -0.05) is 25.4 Å². The Morgan fingerprint density at radius 2 is 2.00 bits per heavy atom. The molecule has 0 aliphatic heterocycles. The maximum Gasteiger partial charge on any atom is 0.236 e. The molecule has 6 heteroatoms. The first kappa shape index (κ1) is 14.7. The summed E-state index contributed by atoms with van der Waals surface area (Å²) in [4.78, 5) is 21.4. The van der Waals surface area contributed by atoms with E-state index in [0.717, 1.165) is 5.56 Å². The number of aromatic nitrogens is 2. The number of carbonyl (C=O) groups excluding carboxylic acids is 1. The lowest BCUT2D eigenvalue weighted by Gasteiger charge is -2.26. The van der Waals surface area contributed by atoms with Gasteiger partial charge in [0.15, 0.2) is 0 Å². The molecule has 1 aromatic rings. The Bertz CT molecular complexity index is 448. The fourth-order valence-corrected chi connectivity index (χ4v) is 1.95. The molecule has 0 radical (unpaired) electrons. The van der Waals surface area contributed by atoms with Crippen molar-refractivity contribution >= 4 is 23.3 Å². The molecular weight excluding hydrogens is 252 g/mol. The summed E-state index contributed by atoms with van der Waals surface area (Å²) < 4.78 is 0. The molecular formula is C12H19ClN4O. The van der Waals surface area contributed by atoms with E-state index < -0.39 is 0 Å². The van der Waals surface area contributed by atoms with Crippen LogP contribution in [-0.2, 0) is 4.79 Å². The third-order valence-corrected chi connectivity index (χ3v) is 2.77. The SMILES string of the molecule is Cc1nc(Cl)c(C)c(N(CC(N)=O)CC(C)C)n1. The van der Waals surface area contributed by atoms with Gasteiger partial charge in [0.2, 0.25) is 5.91 Å². The number of rotatable bonds is 5. The van der Waals surface area contributed by atoms with Crippen molar-refractivity contribution in [3.8, 4) is 0 Å². The van der Waals surface area contributed by atoms with Crippen molar-refractivity contribution in [2.75, 3.05) is 18.0 Å². The lowest BCUT2D eigenvalue weighted by atomic mass is 10.2. The molecule has 0 bridgehead atoms. The Labute approximate surface area is 112 Å². The smallest absolute Gasteiger partial charge is 0.236 e. The molecule has 18 heavy (non-hydrogen) atoms. The van der Waals surface area contributed by atoms with Gasteiger partial charge in [-0.05, 0) is 19.8 Å². The van der Waals surface area contributed by atoms with Crippen molar-refractivity contribution in [3.05, 3.63) is 16.5 Å². The molecule has 0 aliphatic rings. The number of halogens is 1. The third-order valence-electron chi connectivity index (χ3n) is 2.40. The zero-order valence-electron chi connectivity index (χ0n) is 11.2. The van der Waals surface area contributed by atoms with Crippen LogP contribution in [0.15, 0.2) is 0 Å². The molecule has 2 N–H and O–H groups in total. The first-order valence-electron chi connectivity index (χ1n) is 5.85. The van der Waals surface area contributed by atoms with Gasteiger partial charge in [-0.3, -0.25) is 4.79 Å². The van der Waals surface area contributed by atoms with Crippen molar-refractivity contribution in [1.29, 1.82) is 0 Å². The monoisotopic (exact) mass is 270 g/mol. The minimum absolute atomic E-state index is 0.131. The van der Waals surface area contributed by atoms with Crippen LogP contribution in [-0.4, -0.2) is 29.0 Å². The van der Waals surface area contributed by atoms with Crippen molar-refractivity contribution in [1.82, 2.24) is 9.97 Å². The Balaban J connectivity index is 3.15. The van der Waals surface area contributed by atoms with E-state index >= 15 is 0 Å². The van der Waals surface area contributed by atoms with E-state index in [1.807, 2.05) is 11.8 Å². The second-order valence-electron chi connectivity index (χ2n) is 4.75. The number of hydrogen-bond acceptors (Lipinski definition) is 4. The Hall–Kier alpha value is -1.36. The van der Waals surface area contributed by atoms with Crippen LogP contribution in [0.2, 0.25) is 5.15 Å². The molecule has 0 aromatic carbocycles. The van der Waals surface area contributed by atoms with Crippen molar-refractivity contribution in [2.24, 2.45) is 11.7 Å². The third kappa shape index (κ3) is 3.84.